The molecule has 1 heterocycles. The molecule has 11 rings (SSSR count). The highest BCUT2D eigenvalue weighted by molar-refractivity contribution is 6.21. The van der Waals surface area contributed by atoms with Crippen LogP contribution in [0.4, 0.5) is 17.1 Å². The van der Waals surface area contributed by atoms with Crippen molar-refractivity contribution in [1.82, 2.24) is 4.57 Å². The summed E-state index contributed by atoms with van der Waals surface area (Å²) in [5, 5.41) is 7.59. The van der Waals surface area contributed by atoms with E-state index >= 15 is 0 Å². The van der Waals surface area contributed by atoms with E-state index in [2.05, 4.69) is 240 Å². The van der Waals surface area contributed by atoms with E-state index in [9.17, 15) is 0 Å². The molecule has 58 heavy (non-hydrogen) atoms. The third kappa shape index (κ3) is 5.74. The molecular formula is C56H38N2. The highest BCUT2D eigenvalue weighted by Gasteiger charge is 2.19. The molecule has 0 unspecified atom stereocenters. The topological polar surface area (TPSA) is 8.17 Å². The second-order valence-electron chi connectivity index (χ2n) is 14.9. The molecule has 0 amide bonds. The number of hydrogen-bond acceptors (Lipinski definition) is 1. The van der Waals surface area contributed by atoms with Gasteiger partial charge in [-0.05, 0) is 104 Å². The summed E-state index contributed by atoms with van der Waals surface area (Å²) in [6.45, 7) is 0. The van der Waals surface area contributed by atoms with Crippen LogP contribution in [0.3, 0.4) is 0 Å². The molecule has 0 fully saturated rings. The molecule has 1 aromatic heterocycles. The number of para-hydroxylation sites is 2. The van der Waals surface area contributed by atoms with Crippen LogP contribution in [0, 0.1) is 0 Å². The molecule has 0 N–H and O–H groups in total. The highest BCUT2D eigenvalue weighted by atomic mass is 15.1. The number of fused-ring (bicyclic) bond motifs is 6. The lowest BCUT2D eigenvalue weighted by Gasteiger charge is -2.28. The fourth-order valence-electron chi connectivity index (χ4n) is 8.84. The smallest absolute Gasteiger partial charge is 0.0547 e. The third-order valence-corrected chi connectivity index (χ3v) is 11.6. The van der Waals surface area contributed by atoms with E-state index in [4.69, 9.17) is 0 Å². The van der Waals surface area contributed by atoms with E-state index < -0.39 is 0 Å². The summed E-state index contributed by atoms with van der Waals surface area (Å²) < 4.78 is 2.40. The van der Waals surface area contributed by atoms with Crippen LogP contribution in [-0.2, 0) is 0 Å². The van der Waals surface area contributed by atoms with Crippen molar-refractivity contribution in [3.05, 3.63) is 231 Å². The first-order chi connectivity index (χ1) is 28.8. The van der Waals surface area contributed by atoms with Gasteiger partial charge in [-0.15, -0.1) is 0 Å². The minimum absolute atomic E-state index is 1.10. The summed E-state index contributed by atoms with van der Waals surface area (Å²) in [5.74, 6) is 0. The summed E-state index contributed by atoms with van der Waals surface area (Å²) >= 11 is 0. The Morgan fingerprint density at radius 3 is 1.50 bits per heavy atom. The van der Waals surface area contributed by atoms with Gasteiger partial charge in [-0.3, -0.25) is 0 Å². The molecule has 11 aromatic rings. The van der Waals surface area contributed by atoms with Gasteiger partial charge < -0.3 is 9.47 Å². The minimum atomic E-state index is 1.10. The summed E-state index contributed by atoms with van der Waals surface area (Å²) in [6.07, 6.45) is 0. The van der Waals surface area contributed by atoms with Gasteiger partial charge in [0.2, 0.25) is 0 Å². The molecule has 0 aliphatic rings. The summed E-state index contributed by atoms with van der Waals surface area (Å²) in [6, 6.07) is 83.6. The Hall–Kier alpha value is -7.68. The normalized spacial score (nSPS) is 11.4. The number of nitrogens with zero attached hydrogens (tertiary/aromatic N) is 2. The van der Waals surface area contributed by atoms with Crippen LogP contribution in [0.5, 0.6) is 0 Å². The molecule has 0 radical (unpaired) electrons. The van der Waals surface area contributed by atoms with Gasteiger partial charge in [0.15, 0.2) is 0 Å². The lowest BCUT2D eigenvalue weighted by molar-refractivity contribution is 1.18. The zero-order valence-corrected chi connectivity index (χ0v) is 31.8. The maximum Gasteiger partial charge on any atom is 0.0547 e. The average Bonchev–Trinajstić information content (AvgIpc) is 3.65. The fraction of sp³-hybridized carbons (Fsp3) is 0. The summed E-state index contributed by atoms with van der Waals surface area (Å²) in [7, 11) is 0. The molecular weight excluding hydrogens is 701 g/mol. The van der Waals surface area contributed by atoms with E-state index in [-0.39, 0.29) is 0 Å². The number of rotatable bonds is 7. The molecule has 0 aliphatic heterocycles. The Balaban J connectivity index is 0.992. The van der Waals surface area contributed by atoms with Crippen LogP contribution >= 0.6 is 0 Å². The van der Waals surface area contributed by atoms with Gasteiger partial charge >= 0.3 is 0 Å². The molecule has 0 saturated carbocycles. The van der Waals surface area contributed by atoms with Gasteiger partial charge in [0.25, 0.3) is 0 Å². The molecule has 0 aliphatic carbocycles. The number of anilines is 3. The van der Waals surface area contributed by atoms with Crippen molar-refractivity contribution in [1.29, 1.82) is 0 Å². The van der Waals surface area contributed by atoms with Gasteiger partial charge in [0, 0.05) is 33.4 Å². The van der Waals surface area contributed by atoms with E-state index in [0.29, 0.717) is 0 Å². The number of hydrogen-bond donors (Lipinski definition) is 0. The quantitative estimate of drug-likeness (QED) is 0.158. The first kappa shape index (κ1) is 33.6. The molecule has 10 aromatic carbocycles. The zero-order valence-electron chi connectivity index (χ0n) is 31.8. The zero-order chi connectivity index (χ0) is 38.4. The Morgan fingerprint density at radius 2 is 0.793 bits per heavy atom. The molecule has 2 heteroatoms. The Morgan fingerprint density at radius 1 is 0.293 bits per heavy atom. The van der Waals surface area contributed by atoms with Crippen molar-refractivity contribution < 1.29 is 0 Å². The second kappa shape index (κ2) is 14.1. The molecule has 272 valence electrons. The van der Waals surface area contributed by atoms with Crippen LogP contribution in [0.25, 0.3) is 82.4 Å². The third-order valence-electron chi connectivity index (χ3n) is 11.6. The van der Waals surface area contributed by atoms with Crippen molar-refractivity contribution in [3.63, 3.8) is 0 Å². The van der Waals surface area contributed by atoms with Crippen LogP contribution in [-0.4, -0.2) is 4.57 Å². The molecule has 2 nitrogen and oxygen atoms in total. The van der Waals surface area contributed by atoms with Crippen molar-refractivity contribution in [3.8, 4) is 39.1 Å². The number of benzene rings is 10. The van der Waals surface area contributed by atoms with Gasteiger partial charge in [-0.2, -0.15) is 0 Å². The Kier molecular flexibility index (Phi) is 8.19. The van der Waals surface area contributed by atoms with E-state index in [1.807, 2.05) is 0 Å². The van der Waals surface area contributed by atoms with Gasteiger partial charge in [0.05, 0.1) is 16.7 Å². The molecule has 0 bridgehead atoms. The standard InChI is InChI=1S/C56H38N2/c1-2-13-39(14-3-1)40-25-32-45(33-26-40)57(53-23-10-8-20-51(53)50-22-12-17-43-15-4-6-18-48(43)50)46-34-27-41(28-35-46)42-29-36-47(37-30-42)58-54-24-11-9-21-52(54)56-49-19-7-5-16-44(49)31-38-55(56)58/h1-38H. The predicted molar refractivity (Wildman–Crippen MR) is 247 cm³/mol. The van der Waals surface area contributed by atoms with E-state index in [1.165, 1.54) is 76.7 Å². The van der Waals surface area contributed by atoms with Crippen LogP contribution < -0.4 is 4.90 Å². The highest BCUT2D eigenvalue weighted by Crippen LogP contribution is 2.44. The maximum atomic E-state index is 2.40. The summed E-state index contributed by atoms with van der Waals surface area (Å²) in [4.78, 5) is 2.39. The first-order valence-electron chi connectivity index (χ1n) is 19.9. The van der Waals surface area contributed by atoms with Crippen LogP contribution in [0.15, 0.2) is 231 Å². The largest absolute Gasteiger partial charge is 0.310 e. The van der Waals surface area contributed by atoms with Gasteiger partial charge in [-0.25, -0.2) is 0 Å². The van der Waals surface area contributed by atoms with E-state index in [0.717, 1.165) is 22.7 Å². The molecule has 0 saturated heterocycles. The van der Waals surface area contributed by atoms with Crippen molar-refractivity contribution in [2.45, 2.75) is 0 Å². The lowest BCUT2D eigenvalue weighted by Crippen LogP contribution is -2.11. The van der Waals surface area contributed by atoms with Crippen molar-refractivity contribution >= 4 is 60.4 Å². The molecule has 0 spiro atoms. The Labute approximate surface area is 338 Å². The molecule has 0 atom stereocenters. The van der Waals surface area contributed by atoms with E-state index in [1.54, 1.807) is 0 Å². The maximum absolute atomic E-state index is 2.40. The van der Waals surface area contributed by atoms with Crippen LogP contribution in [0.2, 0.25) is 0 Å². The van der Waals surface area contributed by atoms with Crippen molar-refractivity contribution in [2.75, 3.05) is 4.90 Å². The first-order valence-corrected chi connectivity index (χ1v) is 19.9. The second-order valence-corrected chi connectivity index (χ2v) is 14.9. The average molecular weight is 739 g/mol. The van der Waals surface area contributed by atoms with Gasteiger partial charge in [-0.1, -0.05) is 176 Å². The van der Waals surface area contributed by atoms with Crippen LogP contribution in [0.1, 0.15) is 0 Å². The fourth-order valence-corrected chi connectivity index (χ4v) is 8.84. The SMILES string of the molecule is c1ccc(-c2ccc(N(c3ccc(-c4ccc(-n5c6ccccc6c6c7ccccc7ccc65)cc4)cc3)c3ccccc3-c3cccc4ccccc34)cc2)cc1. The van der Waals surface area contributed by atoms with Crippen molar-refractivity contribution in [2.24, 2.45) is 0 Å². The number of aromatic nitrogens is 1. The lowest BCUT2D eigenvalue weighted by atomic mass is 9.96. The summed E-state index contributed by atoms with van der Waals surface area (Å²) in [5.41, 5.74) is 14.1. The Bertz CT molecular complexity index is 3240. The van der Waals surface area contributed by atoms with Gasteiger partial charge in [0.1, 0.15) is 0 Å². The minimum Gasteiger partial charge on any atom is -0.310 e. The predicted octanol–water partition coefficient (Wildman–Crippen LogP) is 15.6. The monoisotopic (exact) mass is 738 g/mol.